The van der Waals surface area contributed by atoms with Crippen molar-refractivity contribution in [3.05, 3.63) is 59.0 Å². The van der Waals surface area contributed by atoms with Crippen LogP contribution >= 0.6 is 0 Å². The second-order valence-corrected chi connectivity index (χ2v) is 7.19. The molecule has 1 heterocycles. The quantitative estimate of drug-likeness (QED) is 0.565. The first-order chi connectivity index (χ1) is 14.4. The predicted molar refractivity (Wildman–Crippen MR) is 111 cm³/mol. The van der Waals surface area contributed by atoms with Crippen molar-refractivity contribution in [2.24, 2.45) is 16.8 Å². The highest BCUT2D eigenvalue weighted by Gasteiger charge is 2.46. The molecule has 1 aliphatic heterocycles. The molecule has 0 saturated carbocycles. The second-order valence-electron chi connectivity index (χ2n) is 7.19. The lowest BCUT2D eigenvalue weighted by Gasteiger charge is -2.22. The lowest BCUT2D eigenvalue weighted by atomic mass is 9.94. The Morgan fingerprint density at radius 1 is 1.20 bits per heavy atom. The molecule has 0 bridgehead atoms. The standard InChI is InChI=1S/C21H24N4O5/c1-13(27)24-17-7-3-6-16(9-17)15-5-2-4-14(8-15)11-25-20(21(22)28)18(10-23-29)19(12-26)30-25/h2-9,18-20,26H,10-12H2,1H3,(H2,22,28)(H,24,27). The molecule has 3 rings (SSSR count). The normalized spacial score (nSPS) is 21.3. The molecule has 158 valence electrons. The third kappa shape index (κ3) is 4.88. The van der Waals surface area contributed by atoms with Gasteiger partial charge in [0.1, 0.15) is 12.1 Å². The predicted octanol–water partition coefficient (Wildman–Crippen LogP) is 1.66. The smallest absolute Gasteiger partial charge is 0.237 e. The average Bonchev–Trinajstić information content (AvgIpc) is 3.05. The van der Waals surface area contributed by atoms with E-state index >= 15 is 0 Å². The van der Waals surface area contributed by atoms with Crippen LogP contribution in [0.2, 0.25) is 0 Å². The van der Waals surface area contributed by atoms with E-state index in [-0.39, 0.29) is 25.6 Å². The van der Waals surface area contributed by atoms with Crippen molar-refractivity contribution in [1.82, 2.24) is 5.06 Å². The first-order valence-corrected chi connectivity index (χ1v) is 9.52. The molecule has 0 aromatic heterocycles. The lowest BCUT2D eigenvalue weighted by molar-refractivity contribution is -0.180. The van der Waals surface area contributed by atoms with Gasteiger partial charge >= 0.3 is 0 Å². The molecule has 1 aliphatic rings. The second kappa shape index (κ2) is 9.57. The number of nitrogens with two attached hydrogens (primary N) is 1. The van der Waals surface area contributed by atoms with E-state index in [9.17, 15) is 19.6 Å². The van der Waals surface area contributed by atoms with E-state index in [2.05, 4.69) is 10.5 Å². The Hall–Kier alpha value is -3.14. The van der Waals surface area contributed by atoms with Gasteiger partial charge in [0, 0.05) is 18.5 Å². The van der Waals surface area contributed by atoms with Crippen LogP contribution in [0.15, 0.2) is 53.7 Å². The summed E-state index contributed by atoms with van der Waals surface area (Å²) in [6, 6.07) is 14.2. The molecule has 4 N–H and O–H groups in total. The van der Waals surface area contributed by atoms with Crippen LogP contribution in [0.4, 0.5) is 5.69 Å². The number of aliphatic hydroxyl groups excluding tert-OH is 1. The number of nitrogens with one attached hydrogen (secondary N) is 1. The molecular formula is C21H24N4O5. The Kier molecular flexibility index (Phi) is 6.88. The highest BCUT2D eigenvalue weighted by Crippen LogP contribution is 2.31. The first kappa shape index (κ1) is 21.6. The third-order valence-electron chi connectivity index (χ3n) is 5.00. The summed E-state index contributed by atoms with van der Waals surface area (Å²) in [5.41, 5.74) is 8.90. The molecule has 0 spiro atoms. The van der Waals surface area contributed by atoms with Crippen LogP contribution in [-0.2, 0) is 21.0 Å². The maximum absolute atomic E-state index is 12.0. The minimum atomic E-state index is -0.869. The zero-order chi connectivity index (χ0) is 21.7. The van der Waals surface area contributed by atoms with Crippen LogP contribution in [0.5, 0.6) is 0 Å². The lowest BCUT2D eigenvalue weighted by Crippen LogP contribution is -2.44. The summed E-state index contributed by atoms with van der Waals surface area (Å²) in [6.07, 6.45) is -0.724. The number of primary amides is 1. The van der Waals surface area contributed by atoms with Crippen molar-refractivity contribution in [1.29, 1.82) is 0 Å². The summed E-state index contributed by atoms with van der Waals surface area (Å²) >= 11 is 0. The molecule has 0 aliphatic carbocycles. The van der Waals surface area contributed by atoms with Gasteiger partial charge in [0.2, 0.25) is 11.8 Å². The van der Waals surface area contributed by atoms with E-state index in [1.165, 1.54) is 12.0 Å². The van der Waals surface area contributed by atoms with Gasteiger partial charge in [-0.25, -0.2) is 0 Å². The van der Waals surface area contributed by atoms with Crippen molar-refractivity contribution in [3.63, 3.8) is 0 Å². The summed E-state index contributed by atoms with van der Waals surface area (Å²) in [5, 5.41) is 16.6. The van der Waals surface area contributed by atoms with Crippen molar-refractivity contribution in [2.45, 2.75) is 25.6 Å². The number of amides is 2. The fourth-order valence-corrected chi connectivity index (χ4v) is 3.70. The Morgan fingerprint density at radius 2 is 1.90 bits per heavy atom. The number of benzene rings is 2. The number of hydrogen-bond acceptors (Lipinski definition) is 7. The van der Waals surface area contributed by atoms with Crippen molar-refractivity contribution >= 4 is 17.5 Å². The minimum Gasteiger partial charge on any atom is -0.394 e. The Morgan fingerprint density at radius 3 is 2.53 bits per heavy atom. The van der Waals surface area contributed by atoms with Crippen molar-refractivity contribution < 1.29 is 19.5 Å². The average molecular weight is 412 g/mol. The molecule has 0 radical (unpaired) electrons. The zero-order valence-electron chi connectivity index (χ0n) is 16.5. The number of aliphatic hydroxyl groups is 1. The third-order valence-corrected chi connectivity index (χ3v) is 5.00. The fourth-order valence-electron chi connectivity index (χ4n) is 3.70. The number of rotatable bonds is 8. The number of hydroxylamine groups is 2. The molecule has 1 saturated heterocycles. The Labute approximate surface area is 173 Å². The molecule has 2 aromatic rings. The SMILES string of the molecule is CC(=O)Nc1cccc(-c2cccc(CN3OC(CO)C(CN=O)C3C(N)=O)c2)c1. The molecule has 1 fully saturated rings. The number of anilines is 1. The van der Waals surface area contributed by atoms with Crippen LogP contribution in [0.25, 0.3) is 11.1 Å². The van der Waals surface area contributed by atoms with Crippen molar-refractivity contribution in [3.8, 4) is 11.1 Å². The molecule has 2 amide bonds. The van der Waals surface area contributed by atoms with Crippen LogP contribution in [0.1, 0.15) is 12.5 Å². The Bertz CT molecular complexity index is 935. The number of hydrogen-bond donors (Lipinski definition) is 3. The van der Waals surface area contributed by atoms with Gasteiger partial charge in [-0.2, -0.15) is 9.97 Å². The fraction of sp³-hybridized carbons (Fsp3) is 0.333. The maximum Gasteiger partial charge on any atom is 0.237 e. The van der Waals surface area contributed by atoms with Gasteiger partial charge in [-0.15, -0.1) is 0 Å². The molecule has 3 atom stereocenters. The Balaban J connectivity index is 1.83. The van der Waals surface area contributed by atoms with Gasteiger partial charge in [0.25, 0.3) is 0 Å². The summed E-state index contributed by atoms with van der Waals surface area (Å²) < 4.78 is 0. The number of nitroso groups, excluding NO2 is 1. The zero-order valence-corrected chi connectivity index (χ0v) is 16.5. The monoisotopic (exact) mass is 412 g/mol. The van der Waals surface area contributed by atoms with Gasteiger partial charge in [-0.05, 0) is 34.9 Å². The van der Waals surface area contributed by atoms with E-state index in [1.807, 2.05) is 42.5 Å². The van der Waals surface area contributed by atoms with Gasteiger partial charge < -0.3 is 16.2 Å². The summed E-state index contributed by atoms with van der Waals surface area (Å²) in [4.78, 5) is 39.8. The maximum atomic E-state index is 12.0. The van der Waals surface area contributed by atoms with Crippen LogP contribution < -0.4 is 11.1 Å². The molecule has 9 nitrogen and oxygen atoms in total. The number of nitrogens with zero attached hydrogens (tertiary/aromatic N) is 2. The number of carbonyl (C=O) groups is 2. The van der Waals surface area contributed by atoms with E-state index in [0.717, 1.165) is 16.7 Å². The topological polar surface area (TPSA) is 134 Å². The van der Waals surface area contributed by atoms with E-state index in [0.29, 0.717) is 5.69 Å². The van der Waals surface area contributed by atoms with Crippen LogP contribution in [0.3, 0.4) is 0 Å². The summed E-state index contributed by atoms with van der Waals surface area (Å²) in [5.74, 6) is -1.40. The largest absolute Gasteiger partial charge is 0.394 e. The highest BCUT2D eigenvalue weighted by atomic mass is 16.7. The van der Waals surface area contributed by atoms with E-state index < -0.39 is 24.0 Å². The molecule has 3 unspecified atom stereocenters. The minimum absolute atomic E-state index is 0.151. The van der Waals surface area contributed by atoms with Crippen LogP contribution in [-0.4, -0.2) is 47.3 Å². The molecule has 30 heavy (non-hydrogen) atoms. The van der Waals surface area contributed by atoms with Gasteiger partial charge in [-0.1, -0.05) is 35.5 Å². The summed E-state index contributed by atoms with van der Waals surface area (Å²) in [7, 11) is 0. The van der Waals surface area contributed by atoms with Gasteiger partial charge in [0.15, 0.2) is 0 Å². The highest BCUT2D eigenvalue weighted by molar-refractivity contribution is 5.89. The van der Waals surface area contributed by atoms with Crippen molar-refractivity contribution in [2.75, 3.05) is 18.5 Å². The van der Waals surface area contributed by atoms with E-state index in [4.69, 9.17) is 10.6 Å². The first-order valence-electron chi connectivity index (χ1n) is 9.52. The van der Waals surface area contributed by atoms with Gasteiger partial charge in [0.05, 0.1) is 19.7 Å². The summed E-state index contributed by atoms with van der Waals surface area (Å²) in [6.45, 7) is 1.16. The van der Waals surface area contributed by atoms with E-state index in [1.54, 1.807) is 6.07 Å². The van der Waals surface area contributed by atoms with Crippen LogP contribution in [0, 0.1) is 10.8 Å². The number of carbonyl (C=O) groups excluding carboxylic acids is 2. The molecular weight excluding hydrogens is 388 g/mol. The molecule has 2 aromatic carbocycles. The molecule has 9 heteroatoms. The van der Waals surface area contributed by atoms with Gasteiger partial charge in [-0.3, -0.25) is 14.4 Å².